The van der Waals surface area contributed by atoms with E-state index in [-0.39, 0.29) is 5.78 Å². The first-order valence-corrected chi connectivity index (χ1v) is 6.09. The van der Waals surface area contributed by atoms with Crippen LogP contribution in [0.3, 0.4) is 0 Å². The maximum atomic E-state index is 12.0. The number of rotatable bonds is 4. The number of Topliss-reactive ketones (excluding diaryl/α,β-unsaturated/α-hetero) is 1. The molecule has 0 heterocycles. The summed E-state index contributed by atoms with van der Waals surface area (Å²) in [6.07, 6.45) is 1.25. The molecule has 0 unspecified atom stereocenters. The predicted octanol–water partition coefficient (Wildman–Crippen LogP) is 3.39. The summed E-state index contributed by atoms with van der Waals surface area (Å²) in [5.74, 6) is 0.178. The minimum Gasteiger partial charge on any atom is -0.399 e. The third-order valence-electron chi connectivity index (χ3n) is 2.97. The molecule has 0 saturated heterocycles. The summed E-state index contributed by atoms with van der Waals surface area (Å²) >= 11 is 0. The fourth-order valence-electron chi connectivity index (χ4n) is 1.89. The highest BCUT2D eigenvalue weighted by Gasteiger charge is 2.05. The van der Waals surface area contributed by atoms with Crippen LogP contribution in [0.4, 0.5) is 5.69 Å². The Kier molecular flexibility index (Phi) is 3.78. The molecule has 0 spiro atoms. The SMILES string of the molecule is Cc1ccc(C(=O)CCc2cccc(N)c2)cc1. The summed E-state index contributed by atoms with van der Waals surface area (Å²) in [5.41, 5.74) is 9.51. The largest absolute Gasteiger partial charge is 0.399 e. The van der Waals surface area contributed by atoms with Gasteiger partial charge in [-0.15, -0.1) is 0 Å². The van der Waals surface area contributed by atoms with Crippen LogP contribution in [-0.2, 0) is 6.42 Å². The van der Waals surface area contributed by atoms with Crippen LogP contribution >= 0.6 is 0 Å². The van der Waals surface area contributed by atoms with Crippen LogP contribution in [0.1, 0.15) is 27.9 Å². The topological polar surface area (TPSA) is 43.1 Å². The lowest BCUT2D eigenvalue weighted by Crippen LogP contribution is -2.01. The van der Waals surface area contributed by atoms with Crippen molar-refractivity contribution < 1.29 is 4.79 Å². The van der Waals surface area contributed by atoms with Gasteiger partial charge in [0.1, 0.15) is 0 Å². The number of aryl methyl sites for hydroxylation is 2. The number of nitrogens with two attached hydrogens (primary N) is 1. The third-order valence-corrected chi connectivity index (χ3v) is 2.97. The molecule has 92 valence electrons. The van der Waals surface area contributed by atoms with E-state index >= 15 is 0 Å². The molecule has 0 fully saturated rings. The van der Waals surface area contributed by atoms with Crippen LogP contribution in [0.25, 0.3) is 0 Å². The zero-order valence-electron chi connectivity index (χ0n) is 10.5. The molecule has 0 aromatic heterocycles. The standard InChI is InChI=1S/C16H17NO/c1-12-5-8-14(9-6-12)16(18)10-7-13-3-2-4-15(17)11-13/h2-6,8-9,11H,7,10,17H2,1H3. The van der Waals surface area contributed by atoms with E-state index in [0.29, 0.717) is 6.42 Å². The molecule has 0 radical (unpaired) electrons. The van der Waals surface area contributed by atoms with Gasteiger partial charge in [0.05, 0.1) is 0 Å². The van der Waals surface area contributed by atoms with Crippen LogP contribution in [-0.4, -0.2) is 5.78 Å². The van der Waals surface area contributed by atoms with E-state index in [2.05, 4.69) is 0 Å². The zero-order chi connectivity index (χ0) is 13.0. The number of hydrogen-bond acceptors (Lipinski definition) is 2. The maximum absolute atomic E-state index is 12.0. The third kappa shape index (κ3) is 3.20. The Hall–Kier alpha value is -2.09. The molecule has 2 nitrogen and oxygen atoms in total. The molecule has 2 aromatic carbocycles. The molecule has 2 N–H and O–H groups in total. The normalized spacial score (nSPS) is 10.3. The second-order valence-corrected chi connectivity index (χ2v) is 4.53. The highest BCUT2D eigenvalue weighted by atomic mass is 16.1. The van der Waals surface area contributed by atoms with Crippen molar-refractivity contribution in [3.63, 3.8) is 0 Å². The monoisotopic (exact) mass is 239 g/mol. The number of carbonyl (C=O) groups is 1. The molecule has 2 aromatic rings. The number of nitrogen functional groups attached to an aromatic ring is 1. The average molecular weight is 239 g/mol. The van der Waals surface area contributed by atoms with Gasteiger partial charge in [-0.2, -0.15) is 0 Å². The summed E-state index contributed by atoms with van der Waals surface area (Å²) in [4.78, 5) is 12.0. The zero-order valence-corrected chi connectivity index (χ0v) is 10.5. The Morgan fingerprint density at radius 2 is 1.83 bits per heavy atom. The summed E-state index contributed by atoms with van der Waals surface area (Å²) < 4.78 is 0. The van der Waals surface area contributed by atoms with Gasteiger partial charge < -0.3 is 5.73 Å². The Bertz CT molecular complexity index is 543. The number of hydrogen-bond donors (Lipinski definition) is 1. The van der Waals surface area contributed by atoms with Crippen molar-refractivity contribution in [1.82, 2.24) is 0 Å². The molecule has 0 saturated carbocycles. The molecule has 2 heteroatoms. The number of anilines is 1. The van der Waals surface area contributed by atoms with Crippen molar-refractivity contribution in [2.45, 2.75) is 19.8 Å². The van der Waals surface area contributed by atoms with E-state index < -0.39 is 0 Å². The summed E-state index contributed by atoms with van der Waals surface area (Å²) in [6.45, 7) is 2.01. The van der Waals surface area contributed by atoms with Crippen LogP contribution in [0.2, 0.25) is 0 Å². The second kappa shape index (κ2) is 5.50. The average Bonchev–Trinajstić information content (AvgIpc) is 2.37. The Balaban J connectivity index is 1.98. The minimum atomic E-state index is 0.178. The Morgan fingerprint density at radius 1 is 1.11 bits per heavy atom. The first-order chi connectivity index (χ1) is 8.65. The summed E-state index contributed by atoms with van der Waals surface area (Å²) in [6, 6.07) is 15.4. The van der Waals surface area contributed by atoms with E-state index in [4.69, 9.17) is 5.73 Å². The van der Waals surface area contributed by atoms with E-state index in [1.54, 1.807) is 0 Å². The molecule has 2 rings (SSSR count). The molecule has 0 atom stereocenters. The van der Waals surface area contributed by atoms with Crippen LogP contribution < -0.4 is 5.73 Å². The van der Waals surface area contributed by atoms with Gasteiger partial charge in [-0.3, -0.25) is 4.79 Å². The molecule has 0 aliphatic carbocycles. The lowest BCUT2D eigenvalue weighted by atomic mass is 10.0. The van der Waals surface area contributed by atoms with Crippen molar-refractivity contribution >= 4 is 11.5 Å². The number of carbonyl (C=O) groups excluding carboxylic acids is 1. The molecule has 18 heavy (non-hydrogen) atoms. The van der Waals surface area contributed by atoms with Gasteiger partial charge in [-0.05, 0) is 31.0 Å². The Morgan fingerprint density at radius 3 is 2.50 bits per heavy atom. The maximum Gasteiger partial charge on any atom is 0.163 e. The van der Waals surface area contributed by atoms with Crippen LogP contribution in [0.5, 0.6) is 0 Å². The Labute approximate surface area is 107 Å². The lowest BCUT2D eigenvalue weighted by molar-refractivity contribution is 0.0983. The highest BCUT2D eigenvalue weighted by molar-refractivity contribution is 5.96. The molecule has 0 amide bonds. The van der Waals surface area contributed by atoms with Gasteiger partial charge in [0, 0.05) is 17.7 Å². The predicted molar refractivity (Wildman–Crippen MR) is 74.7 cm³/mol. The first kappa shape index (κ1) is 12.4. The lowest BCUT2D eigenvalue weighted by Gasteiger charge is -2.03. The fraction of sp³-hybridized carbons (Fsp3) is 0.188. The van der Waals surface area contributed by atoms with Crippen molar-refractivity contribution in [3.05, 3.63) is 65.2 Å². The van der Waals surface area contributed by atoms with Crippen molar-refractivity contribution in [1.29, 1.82) is 0 Å². The molecule has 0 aliphatic heterocycles. The minimum absolute atomic E-state index is 0.178. The number of ketones is 1. The molecule has 0 bridgehead atoms. The van der Waals surface area contributed by atoms with Gasteiger partial charge in [0.15, 0.2) is 5.78 Å². The van der Waals surface area contributed by atoms with Crippen LogP contribution in [0, 0.1) is 6.92 Å². The van der Waals surface area contributed by atoms with Gasteiger partial charge in [-0.1, -0.05) is 42.0 Å². The van der Waals surface area contributed by atoms with E-state index in [0.717, 1.165) is 23.2 Å². The van der Waals surface area contributed by atoms with Gasteiger partial charge >= 0.3 is 0 Å². The van der Waals surface area contributed by atoms with E-state index in [1.807, 2.05) is 55.5 Å². The van der Waals surface area contributed by atoms with Gasteiger partial charge in [0.25, 0.3) is 0 Å². The van der Waals surface area contributed by atoms with Crippen LogP contribution in [0.15, 0.2) is 48.5 Å². The molecular weight excluding hydrogens is 222 g/mol. The summed E-state index contributed by atoms with van der Waals surface area (Å²) in [7, 11) is 0. The first-order valence-electron chi connectivity index (χ1n) is 6.09. The molecular formula is C16H17NO. The van der Waals surface area contributed by atoms with Crippen molar-refractivity contribution in [2.24, 2.45) is 0 Å². The quantitative estimate of drug-likeness (QED) is 0.656. The van der Waals surface area contributed by atoms with E-state index in [9.17, 15) is 4.79 Å². The van der Waals surface area contributed by atoms with Crippen molar-refractivity contribution in [3.8, 4) is 0 Å². The smallest absolute Gasteiger partial charge is 0.163 e. The number of benzene rings is 2. The van der Waals surface area contributed by atoms with Gasteiger partial charge in [-0.25, -0.2) is 0 Å². The summed E-state index contributed by atoms with van der Waals surface area (Å²) in [5, 5.41) is 0. The highest BCUT2D eigenvalue weighted by Crippen LogP contribution is 2.12. The van der Waals surface area contributed by atoms with E-state index in [1.165, 1.54) is 5.56 Å². The second-order valence-electron chi connectivity index (χ2n) is 4.53. The fourth-order valence-corrected chi connectivity index (χ4v) is 1.89. The van der Waals surface area contributed by atoms with Crippen molar-refractivity contribution in [2.75, 3.05) is 5.73 Å². The molecule has 0 aliphatic rings. The van der Waals surface area contributed by atoms with Gasteiger partial charge in [0.2, 0.25) is 0 Å².